The Labute approximate surface area is 162 Å². The van der Waals surface area contributed by atoms with Crippen LogP contribution in [0.2, 0.25) is 0 Å². The summed E-state index contributed by atoms with van der Waals surface area (Å²) in [5.74, 6) is 0.907. The highest BCUT2D eigenvalue weighted by molar-refractivity contribution is 9.10. The molecule has 2 heterocycles. The summed E-state index contributed by atoms with van der Waals surface area (Å²) < 4.78 is 15.5. The Morgan fingerprint density at radius 3 is 2.81 bits per heavy atom. The number of rotatable bonds is 3. The lowest BCUT2D eigenvalue weighted by atomic mass is 9.80. The second-order valence-corrected chi connectivity index (χ2v) is 8.28. The fourth-order valence-corrected chi connectivity index (χ4v) is 4.38. The molecule has 2 atom stereocenters. The molecule has 0 radical (unpaired) electrons. The quantitative estimate of drug-likeness (QED) is 0.646. The first-order valence-electron chi connectivity index (χ1n) is 8.28. The standard InChI is InChI=1S/C17H17BrFN5OS/c1-7-3-10-13(4-8(7)2)24(26-19)23-15(10)17-21-12-6-9(18)5-11(16(20)25)14(12)22-17/h5-8H,3-4H2,1-2H3,(H2,20,25)(H,21,22)/t7?,8-/m1/s1. The molecule has 3 aromatic rings. The predicted octanol–water partition coefficient (Wildman–Crippen LogP) is 4.04. The number of hydrogen-bond acceptors (Lipinski definition) is 4. The van der Waals surface area contributed by atoms with Gasteiger partial charge in [0, 0.05) is 10.0 Å². The van der Waals surface area contributed by atoms with Crippen molar-refractivity contribution in [2.75, 3.05) is 0 Å². The van der Waals surface area contributed by atoms with E-state index in [4.69, 9.17) is 5.73 Å². The van der Waals surface area contributed by atoms with Crippen molar-refractivity contribution in [1.82, 2.24) is 19.2 Å². The summed E-state index contributed by atoms with van der Waals surface area (Å²) in [6.07, 6.45) is 1.59. The van der Waals surface area contributed by atoms with E-state index in [9.17, 15) is 8.68 Å². The summed E-state index contributed by atoms with van der Waals surface area (Å²) in [7, 11) is 0. The first kappa shape index (κ1) is 17.5. The maximum Gasteiger partial charge on any atom is 0.251 e. The molecule has 136 valence electrons. The number of aromatic amines is 1. The Kier molecular flexibility index (Phi) is 4.31. The van der Waals surface area contributed by atoms with Gasteiger partial charge in [-0.05, 0) is 36.8 Å². The largest absolute Gasteiger partial charge is 0.366 e. The van der Waals surface area contributed by atoms with Crippen LogP contribution in [0.15, 0.2) is 16.6 Å². The van der Waals surface area contributed by atoms with Gasteiger partial charge in [-0.15, -0.1) is 3.89 Å². The Bertz CT molecular complexity index is 1030. The summed E-state index contributed by atoms with van der Waals surface area (Å²) in [5, 5.41) is 4.42. The fourth-order valence-electron chi connectivity index (χ4n) is 3.54. The molecule has 1 aliphatic rings. The van der Waals surface area contributed by atoms with Gasteiger partial charge in [-0.3, -0.25) is 4.79 Å². The van der Waals surface area contributed by atoms with E-state index in [0.717, 1.165) is 28.6 Å². The van der Waals surface area contributed by atoms with Crippen molar-refractivity contribution < 1.29 is 8.68 Å². The molecule has 3 N–H and O–H groups in total. The number of nitrogens with two attached hydrogens (primary N) is 1. The maximum atomic E-state index is 13.4. The number of benzene rings is 1. The second-order valence-electron chi connectivity index (χ2n) is 6.88. The van der Waals surface area contributed by atoms with Crippen LogP contribution in [0, 0.1) is 11.8 Å². The van der Waals surface area contributed by atoms with Crippen LogP contribution in [0.3, 0.4) is 0 Å². The van der Waals surface area contributed by atoms with E-state index in [0.29, 0.717) is 40.0 Å². The number of amides is 1. The van der Waals surface area contributed by atoms with E-state index in [1.54, 1.807) is 6.07 Å². The minimum absolute atomic E-state index is 0.102. The number of nitrogens with one attached hydrogen (secondary N) is 1. The lowest BCUT2D eigenvalue weighted by molar-refractivity contribution is 0.100. The van der Waals surface area contributed by atoms with Gasteiger partial charge < -0.3 is 10.7 Å². The van der Waals surface area contributed by atoms with E-state index < -0.39 is 5.91 Å². The van der Waals surface area contributed by atoms with Gasteiger partial charge in [-0.25, -0.2) is 4.98 Å². The van der Waals surface area contributed by atoms with Crippen LogP contribution in [0.25, 0.3) is 22.6 Å². The van der Waals surface area contributed by atoms with Crippen LogP contribution in [0.5, 0.6) is 0 Å². The van der Waals surface area contributed by atoms with Crippen molar-refractivity contribution in [3.8, 4) is 11.5 Å². The van der Waals surface area contributed by atoms with E-state index >= 15 is 0 Å². The summed E-state index contributed by atoms with van der Waals surface area (Å²) in [6, 6.07) is 3.47. The van der Waals surface area contributed by atoms with E-state index in [-0.39, 0.29) is 12.3 Å². The number of nitrogens with zero attached hydrogens (tertiary/aromatic N) is 3. The molecular weight excluding hydrogens is 421 g/mol. The number of carbonyl (C=O) groups is 1. The van der Waals surface area contributed by atoms with Crippen LogP contribution >= 0.6 is 28.3 Å². The molecule has 0 saturated carbocycles. The average molecular weight is 438 g/mol. The molecule has 0 fully saturated rings. The minimum Gasteiger partial charge on any atom is -0.366 e. The highest BCUT2D eigenvalue weighted by atomic mass is 79.9. The van der Waals surface area contributed by atoms with E-state index in [2.05, 4.69) is 44.8 Å². The van der Waals surface area contributed by atoms with E-state index in [1.807, 2.05) is 6.07 Å². The zero-order valence-electron chi connectivity index (χ0n) is 14.2. The lowest BCUT2D eigenvalue weighted by Gasteiger charge is -2.25. The summed E-state index contributed by atoms with van der Waals surface area (Å²) >= 11 is 3.48. The van der Waals surface area contributed by atoms with Gasteiger partial charge >= 0.3 is 0 Å². The highest BCUT2D eigenvalue weighted by Gasteiger charge is 2.31. The minimum atomic E-state index is -0.552. The number of halogens is 2. The van der Waals surface area contributed by atoms with Crippen LogP contribution in [0.1, 0.15) is 35.5 Å². The number of fused-ring (bicyclic) bond motifs is 2. The number of primary amides is 1. The molecule has 26 heavy (non-hydrogen) atoms. The number of hydrogen-bond donors (Lipinski definition) is 2. The van der Waals surface area contributed by atoms with Crippen molar-refractivity contribution >= 4 is 45.2 Å². The Morgan fingerprint density at radius 1 is 1.38 bits per heavy atom. The topological polar surface area (TPSA) is 89.6 Å². The van der Waals surface area contributed by atoms with Crippen LogP contribution < -0.4 is 5.73 Å². The normalized spacial score (nSPS) is 19.7. The van der Waals surface area contributed by atoms with Crippen molar-refractivity contribution in [3.63, 3.8) is 0 Å². The molecule has 4 rings (SSSR count). The average Bonchev–Trinajstić information content (AvgIpc) is 3.15. The number of imidazole rings is 1. The highest BCUT2D eigenvalue weighted by Crippen LogP contribution is 2.37. The zero-order chi connectivity index (χ0) is 18.6. The summed E-state index contributed by atoms with van der Waals surface area (Å²) in [6.45, 7) is 4.36. The van der Waals surface area contributed by atoms with Crippen molar-refractivity contribution in [3.05, 3.63) is 33.4 Å². The first-order valence-corrected chi connectivity index (χ1v) is 9.75. The second kappa shape index (κ2) is 6.38. The van der Waals surface area contributed by atoms with Crippen LogP contribution in [0.4, 0.5) is 3.89 Å². The Morgan fingerprint density at radius 2 is 2.12 bits per heavy atom. The summed E-state index contributed by atoms with van der Waals surface area (Å²) in [4.78, 5) is 19.5. The molecular formula is C17H17BrFN5OS. The monoisotopic (exact) mass is 437 g/mol. The third kappa shape index (κ3) is 2.73. The van der Waals surface area contributed by atoms with Crippen LogP contribution in [-0.4, -0.2) is 25.1 Å². The molecule has 2 aromatic heterocycles. The van der Waals surface area contributed by atoms with Gasteiger partial charge in [0.2, 0.25) is 0 Å². The zero-order valence-corrected chi connectivity index (χ0v) is 16.6. The molecule has 6 nitrogen and oxygen atoms in total. The molecule has 0 spiro atoms. The van der Waals surface area contributed by atoms with Crippen molar-refractivity contribution in [2.45, 2.75) is 26.7 Å². The number of H-pyrrole nitrogens is 1. The molecule has 1 amide bonds. The lowest BCUT2D eigenvalue weighted by Crippen LogP contribution is -2.21. The molecule has 1 unspecified atom stereocenters. The van der Waals surface area contributed by atoms with Gasteiger partial charge in [0.1, 0.15) is 11.2 Å². The molecule has 0 saturated heterocycles. The number of carbonyl (C=O) groups excluding carboxylic acids is 1. The molecule has 9 heteroatoms. The van der Waals surface area contributed by atoms with Crippen molar-refractivity contribution in [2.24, 2.45) is 17.6 Å². The Balaban J connectivity index is 1.91. The molecule has 1 aliphatic carbocycles. The summed E-state index contributed by atoms with van der Waals surface area (Å²) in [5.41, 5.74) is 9.52. The van der Waals surface area contributed by atoms with Gasteiger partial charge in [-0.1, -0.05) is 29.8 Å². The third-order valence-corrected chi connectivity index (χ3v) is 6.07. The van der Waals surface area contributed by atoms with E-state index in [1.165, 1.54) is 4.09 Å². The van der Waals surface area contributed by atoms with Gasteiger partial charge in [0.15, 0.2) is 18.2 Å². The van der Waals surface area contributed by atoms with Crippen LogP contribution in [-0.2, 0) is 12.8 Å². The maximum absolute atomic E-state index is 13.4. The third-order valence-electron chi connectivity index (χ3n) is 5.18. The molecule has 1 aromatic carbocycles. The van der Waals surface area contributed by atoms with Crippen molar-refractivity contribution in [1.29, 1.82) is 0 Å². The first-order chi connectivity index (χ1) is 12.4. The van der Waals surface area contributed by atoms with Gasteiger partial charge in [0.05, 0.1) is 16.8 Å². The fraction of sp³-hybridized carbons (Fsp3) is 0.353. The van der Waals surface area contributed by atoms with Gasteiger partial charge in [0.25, 0.3) is 5.91 Å². The Hall–Kier alpha value is -1.87. The SMILES string of the molecule is CC1Cc2c(-c3nc4c(C(N)=O)cc(Br)cc4[nH]3)nn(SF)c2C[C@H]1C. The smallest absolute Gasteiger partial charge is 0.251 e. The molecule has 0 bridgehead atoms. The van der Waals surface area contributed by atoms with Gasteiger partial charge in [-0.2, -0.15) is 9.19 Å². The number of aromatic nitrogens is 4. The predicted molar refractivity (Wildman–Crippen MR) is 103 cm³/mol. The molecule has 0 aliphatic heterocycles.